The van der Waals surface area contributed by atoms with E-state index in [9.17, 15) is 8.42 Å². The van der Waals surface area contributed by atoms with Crippen molar-refractivity contribution in [3.8, 4) is 0 Å². The quantitative estimate of drug-likeness (QED) is 0.809. The van der Waals surface area contributed by atoms with Gasteiger partial charge in [-0.15, -0.1) is 0 Å². The average molecular weight is 322 g/mol. The van der Waals surface area contributed by atoms with Gasteiger partial charge in [0.15, 0.2) is 0 Å². The molecule has 0 saturated carbocycles. The maximum Gasteiger partial charge on any atom is 0.240 e. The first-order valence-corrected chi connectivity index (χ1v) is 7.55. The van der Waals surface area contributed by atoms with Crippen molar-refractivity contribution >= 4 is 26.0 Å². The number of alkyl halides is 1. The molecule has 1 rings (SSSR count). The lowest BCUT2D eigenvalue weighted by atomic mass is 10.1. The summed E-state index contributed by atoms with van der Waals surface area (Å²) < 4.78 is 30.3. The lowest BCUT2D eigenvalue weighted by Crippen LogP contribution is -2.18. The van der Waals surface area contributed by atoms with Crippen LogP contribution in [-0.4, -0.2) is 34.0 Å². The summed E-state index contributed by atoms with van der Waals surface area (Å²) in [7, 11) is -0.291. The topological polar surface area (TPSA) is 55.4 Å². The summed E-state index contributed by atoms with van der Waals surface area (Å²) in [6, 6.07) is 6.84. The van der Waals surface area contributed by atoms with Crippen LogP contribution in [0.2, 0.25) is 0 Å². The summed E-state index contributed by atoms with van der Waals surface area (Å²) in [6.07, 6.45) is 0.799. The van der Waals surface area contributed by atoms with Gasteiger partial charge >= 0.3 is 0 Å². The minimum Gasteiger partial charge on any atom is -0.384 e. The highest BCUT2D eigenvalue weighted by Crippen LogP contribution is 2.14. The molecule has 1 atom stereocenters. The third-order valence-electron chi connectivity index (χ3n) is 2.31. The Morgan fingerprint density at radius 3 is 2.41 bits per heavy atom. The number of nitrogens with one attached hydrogen (secondary N) is 1. The summed E-state index contributed by atoms with van der Waals surface area (Å²) in [5.74, 6) is 0. The normalized spacial score (nSPS) is 13.6. The lowest BCUT2D eigenvalue weighted by molar-refractivity contribution is 0.200. The third kappa shape index (κ3) is 4.39. The van der Waals surface area contributed by atoms with Crippen LogP contribution >= 0.6 is 15.9 Å². The van der Waals surface area contributed by atoms with Crippen molar-refractivity contribution in [1.82, 2.24) is 4.72 Å². The van der Waals surface area contributed by atoms with E-state index < -0.39 is 10.0 Å². The van der Waals surface area contributed by atoms with Gasteiger partial charge in [0.05, 0.1) is 11.5 Å². The van der Waals surface area contributed by atoms with E-state index in [1.54, 1.807) is 19.2 Å². The molecule has 4 nitrogen and oxygen atoms in total. The molecule has 0 radical (unpaired) electrons. The van der Waals surface area contributed by atoms with Crippen LogP contribution in [0.3, 0.4) is 0 Å². The van der Waals surface area contributed by atoms with Crippen LogP contribution < -0.4 is 4.72 Å². The first kappa shape index (κ1) is 14.6. The standard InChI is InChI=1S/C11H16BrNO3S/c1-13-17(14,15)11-5-3-9(4-6-11)7-10(12)8-16-2/h3-6,10,13H,7-8H2,1-2H3. The van der Waals surface area contributed by atoms with Crippen molar-refractivity contribution in [2.45, 2.75) is 16.1 Å². The Balaban J connectivity index is 2.75. The number of halogens is 1. The maximum absolute atomic E-state index is 11.5. The number of ether oxygens (including phenoxy) is 1. The molecule has 17 heavy (non-hydrogen) atoms. The molecule has 0 aliphatic rings. The van der Waals surface area contributed by atoms with Gasteiger partial charge in [0.1, 0.15) is 0 Å². The highest BCUT2D eigenvalue weighted by atomic mass is 79.9. The number of hydrogen-bond donors (Lipinski definition) is 1. The SMILES string of the molecule is CNS(=O)(=O)c1ccc(CC(Br)COC)cc1. The zero-order chi connectivity index (χ0) is 12.9. The Morgan fingerprint density at radius 1 is 1.35 bits per heavy atom. The molecule has 1 unspecified atom stereocenters. The van der Waals surface area contributed by atoms with E-state index in [0.717, 1.165) is 12.0 Å². The minimum absolute atomic E-state index is 0.235. The summed E-state index contributed by atoms with van der Waals surface area (Å²) in [6.45, 7) is 0.622. The molecule has 0 heterocycles. The fourth-order valence-electron chi connectivity index (χ4n) is 1.42. The van der Waals surface area contributed by atoms with Gasteiger partial charge in [-0.3, -0.25) is 0 Å². The number of hydrogen-bond acceptors (Lipinski definition) is 3. The Hall–Kier alpha value is -0.430. The van der Waals surface area contributed by atoms with E-state index in [1.165, 1.54) is 7.05 Å². The highest BCUT2D eigenvalue weighted by molar-refractivity contribution is 9.09. The van der Waals surface area contributed by atoms with Crippen LogP contribution in [-0.2, 0) is 21.2 Å². The Labute approximate surface area is 111 Å². The van der Waals surface area contributed by atoms with E-state index in [4.69, 9.17) is 4.74 Å². The molecule has 0 aromatic heterocycles. The van der Waals surface area contributed by atoms with Gasteiger partial charge in [-0.25, -0.2) is 13.1 Å². The minimum atomic E-state index is -3.34. The van der Waals surface area contributed by atoms with E-state index >= 15 is 0 Å². The van der Waals surface area contributed by atoms with E-state index in [0.29, 0.717) is 6.61 Å². The smallest absolute Gasteiger partial charge is 0.240 e. The predicted molar refractivity (Wildman–Crippen MR) is 71.0 cm³/mol. The van der Waals surface area contributed by atoms with Gasteiger partial charge in [0.25, 0.3) is 0 Å². The molecule has 1 aromatic rings. The molecule has 0 saturated heterocycles. The molecule has 0 spiro atoms. The molecule has 0 amide bonds. The maximum atomic E-state index is 11.5. The zero-order valence-electron chi connectivity index (χ0n) is 9.81. The van der Waals surface area contributed by atoms with Crippen molar-refractivity contribution in [3.63, 3.8) is 0 Å². The predicted octanol–water partition coefficient (Wildman–Crippen LogP) is 1.55. The number of rotatable bonds is 6. The Morgan fingerprint density at radius 2 is 1.94 bits per heavy atom. The van der Waals surface area contributed by atoms with Crippen molar-refractivity contribution in [1.29, 1.82) is 0 Å². The van der Waals surface area contributed by atoms with Crippen molar-refractivity contribution in [3.05, 3.63) is 29.8 Å². The van der Waals surface area contributed by atoms with Gasteiger partial charge in [0, 0.05) is 11.9 Å². The second-order valence-electron chi connectivity index (χ2n) is 3.61. The molecule has 1 N–H and O–H groups in total. The first-order chi connectivity index (χ1) is 7.99. The Bertz CT molecular complexity index is 444. The van der Waals surface area contributed by atoms with Crippen LogP contribution in [0.4, 0.5) is 0 Å². The van der Waals surface area contributed by atoms with Crippen molar-refractivity contribution < 1.29 is 13.2 Å². The van der Waals surface area contributed by atoms with Crippen LogP contribution in [0.15, 0.2) is 29.2 Å². The van der Waals surface area contributed by atoms with Gasteiger partial charge in [-0.05, 0) is 31.2 Å². The molecule has 96 valence electrons. The molecular weight excluding hydrogens is 306 g/mol. The van der Waals surface area contributed by atoms with Gasteiger partial charge in [-0.1, -0.05) is 28.1 Å². The highest BCUT2D eigenvalue weighted by Gasteiger charge is 2.11. The van der Waals surface area contributed by atoms with Gasteiger partial charge in [-0.2, -0.15) is 0 Å². The Kier molecular flexibility index (Phi) is 5.58. The average Bonchev–Trinajstić information content (AvgIpc) is 2.30. The van der Waals surface area contributed by atoms with E-state index in [-0.39, 0.29) is 9.72 Å². The fraction of sp³-hybridized carbons (Fsp3) is 0.455. The lowest BCUT2D eigenvalue weighted by Gasteiger charge is -2.09. The number of benzene rings is 1. The molecule has 0 aliphatic carbocycles. The summed E-state index contributed by atoms with van der Waals surface area (Å²) >= 11 is 3.49. The molecule has 0 aliphatic heterocycles. The molecule has 0 bridgehead atoms. The zero-order valence-corrected chi connectivity index (χ0v) is 12.2. The number of methoxy groups -OCH3 is 1. The van der Waals surface area contributed by atoms with Crippen molar-refractivity contribution in [2.75, 3.05) is 20.8 Å². The van der Waals surface area contributed by atoms with Crippen LogP contribution in [0.1, 0.15) is 5.56 Å². The van der Waals surface area contributed by atoms with E-state index in [2.05, 4.69) is 20.7 Å². The first-order valence-electron chi connectivity index (χ1n) is 5.15. The molecular formula is C11H16BrNO3S. The van der Waals surface area contributed by atoms with Crippen LogP contribution in [0.5, 0.6) is 0 Å². The second kappa shape index (κ2) is 6.49. The summed E-state index contributed by atoms with van der Waals surface area (Å²) in [4.78, 5) is 0.515. The largest absolute Gasteiger partial charge is 0.384 e. The van der Waals surface area contributed by atoms with Gasteiger partial charge in [0.2, 0.25) is 10.0 Å². The third-order valence-corrected chi connectivity index (χ3v) is 4.33. The van der Waals surface area contributed by atoms with Gasteiger partial charge < -0.3 is 4.74 Å². The number of sulfonamides is 1. The second-order valence-corrected chi connectivity index (χ2v) is 6.79. The summed E-state index contributed by atoms with van der Waals surface area (Å²) in [5, 5.41) is 0. The summed E-state index contributed by atoms with van der Waals surface area (Å²) in [5.41, 5.74) is 1.07. The van der Waals surface area contributed by atoms with Crippen molar-refractivity contribution in [2.24, 2.45) is 0 Å². The fourth-order valence-corrected chi connectivity index (χ4v) is 2.79. The molecule has 6 heteroatoms. The monoisotopic (exact) mass is 321 g/mol. The van der Waals surface area contributed by atoms with Crippen LogP contribution in [0, 0.1) is 0 Å². The van der Waals surface area contributed by atoms with Crippen LogP contribution in [0.25, 0.3) is 0 Å². The molecule has 0 fully saturated rings. The molecule has 1 aromatic carbocycles. The van der Waals surface area contributed by atoms with E-state index in [1.807, 2.05) is 12.1 Å².